The molecule has 1 aromatic heterocycles. The molecular weight excluding hydrogens is 339 g/mol. The first kappa shape index (κ1) is 15.5. The minimum Gasteiger partial charge on any atom is -0.366 e. The van der Waals surface area contributed by atoms with Gasteiger partial charge in [0.05, 0.1) is 16.3 Å². The molecule has 0 saturated heterocycles. The van der Waals surface area contributed by atoms with E-state index >= 15 is 0 Å². The zero-order chi connectivity index (χ0) is 16.6. The lowest BCUT2D eigenvalue weighted by molar-refractivity contribution is 0.100. The molecule has 0 aliphatic carbocycles. The Bertz CT molecular complexity index is 939. The number of para-hydroxylation sites is 1. The van der Waals surface area contributed by atoms with E-state index in [0.717, 1.165) is 11.3 Å². The van der Waals surface area contributed by atoms with Gasteiger partial charge in [-0.25, -0.2) is 4.39 Å². The highest BCUT2D eigenvalue weighted by Gasteiger charge is 2.19. The normalized spacial score (nSPS) is 10.7. The van der Waals surface area contributed by atoms with Crippen molar-refractivity contribution in [3.05, 3.63) is 63.7 Å². The van der Waals surface area contributed by atoms with E-state index in [1.807, 2.05) is 0 Å². The predicted octanol–water partition coefficient (Wildman–Crippen LogP) is 4.05. The molecule has 0 aliphatic heterocycles. The highest BCUT2D eigenvalue weighted by molar-refractivity contribution is 7.21. The first-order chi connectivity index (χ1) is 11.0. The van der Waals surface area contributed by atoms with Gasteiger partial charge in [-0.1, -0.05) is 23.7 Å². The minimum absolute atomic E-state index is 0.198. The van der Waals surface area contributed by atoms with E-state index in [1.165, 1.54) is 24.3 Å². The summed E-state index contributed by atoms with van der Waals surface area (Å²) in [5.74, 6) is -1.53. The summed E-state index contributed by atoms with van der Waals surface area (Å²) in [4.78, 5) is 24.1. The van der Waals surface area contributed by atoms with E-state index in [4.69, 9.17) is 17.3 Å². The van der Waals surface area contributed by atoms with Crippen molar-refractivity contribution in [3.8, 4) is 0 Å². The number of hydrogen-bond acceptors (Lipinski definition) is 3. The predicted molar refractivity (Wildman–Crippen MR) is 89.7 cm³/mol. The van der Waals surface area contributed by atoms with E-state index < -0.39 is 17.6 Å². The number of carbonyl (C=O) groups excluding carboxylic acids is 2. The number of fused-ring (bicyclic) bond motifs is 1. The van der Waals surface area contributed by atoms with Crippen molar-refractivity contribution in [2.24, 2.45) is 5.73 Å². The molecule has 3 aromatic rings. The first-order valence-corrected chi connectivity index (χ1v) is 7.74. The number of halogens is 2. The third-order valence-corrected chi connectivity index (χ3v) is 4.89. The number of amides is 2. The van der Waals surface area contributed by atoms with Crippen LogP contribution in [0.2, 0.25) is 5.02 Å². The highest BCUT2D eigenvalue weighted by atomic mass is 35.5. The van der Waals surface area contributed by atoms with Crippen LogP contribution in [0.25, 0.3) is 10.1 Å². The summed E-state index contributed by atoms with van der Waals surface area (Å²) >= 11 is 7.29. The van der Waals surface area contributed by atoms with Gasteiger partial charge in [-0.2, -0.15) is 0 Å². The molecule has 0 fully saturated rings. The lowest BCUT2D eigenvalue weighted by Gasteiger charge is -2.07. The summed E-state index contributed by atoms with van der Waals surface area (Å²) in [6.07, 6.45) is 0. The number of nitrogens with two attached hydrogens (primary N) is 1. The molecule has 0 aliphatic rings. The second-order valence-electron chi connectivity index (χ2n) is 4.75. The van der Waals surface area contributed by atoms with Gasteiger partial charge in [0.15, 0.2) is 0 Å². The molecule has 0 unspecified atom stereocenters. The molecule has 0 radical (unpaired) electrons. The fourth-order valence-electron chi connectivity index (χ4n) is 2.17. The third kappa shape index (κ3) is 2.91. The van der Waals surface area contributed by atoms with Gasteiger partial charge in [-0.15, -0.1) is 11.3 Å². The van der Waals surface area contributed by atoms with E-state index in [9.17, 15) is 14.0 Å². The van der Waals surface area contributed by atoms with Gasteiger partial charge < -0.3 is 11.1 Å². The van der Waals surface area contributed by atoms with Crippen LogP contribution in [0.5, 0.6) is 0 Å². The Morgan fingerprint density at radius 1 is 1.17 bits per heavy atom. The molecular formula is C16H10ClFN2O2S. The van der Waals surface area contributed by atoms with Crippen molar-refractivity contribution in [3.63, 3.8) is 0 Å². The topological polar surface area (TPSA) is 72.2 Å². The molecule has 1 heterocycles. The number of rotatable bonds is 3. The Morgan fingerprint density at radius 3 is 2.65 bits per heavy atom. The molecule has 0 saturated carbocycles. The fourth-order valence-corrected chi connectivity index (χ4v) is 3.61. The van der Waals surface area contributed by atoms with Crippen LogP contribution in [0.15, 0.2) is 42.5 Å². The van der Waals surface area contributed by atoms with Gasteiger partial charge in [-0.05, 0) is 30.3 Å². The average Bonchev–Trinajstić information content (AvgIpc) is 2.84. The van der Waals surface area contributed by atoms with Gasteiger partial charge in [0.1, 0.15) is 10.7 Å². The monoisotopic (exact) mass is 348 g/mol. The maximum atomic E-state index is 13.3. The van der Waals surface area contributed by atoms with Gasteiger partial charge in [0, 0.05) is 10.1 Å². The fraction of sp³-hybridized carbons (Fsp3) is 0. The van der Waals surface area contributed by atoms with Crippen molar-refractivity contribution < 1.29 is 14.0 Å². The first-order valence-electron chi connectivity index (χ1n) is 6.55. The van der Waals surface area contributed by atoms with Crippen LogP contribution in [0.1, 0.15) is 20.0 Å². The van der Waals surface area contributed by atoms with Crippen LogP contribution in [0.4, 0.5) is 10.1 Å². The van der Waals surface area contributed by atoms with E-state index in [-0.39, 0.29) is 15.5 Å². The second-order valence-corrected chi connectivity index (χ2v) is 6.18. The molecule has 0 bridgehead atoms. The van der Waals surface area contributed by atoms with E-state index in [0.29, 0.717) is 15.8 Å². The molecule has 2 amide bonds. The van der Waals surface area contributed by atoms with Crippen molar-refractivity contribution >= 4 is 50.5 Å². The molecule has 2 aromatic carbocycles. The highest BCUT2D eigenvalue weighted by Crippen LogP contribution is 2.36. The number of nitrogens with one attached hydrogen (secondary N) is 1. The van der Waals surface area contributed by atoms with Crippen LogP contribution in [-0.4, -0.2) is 11.8 Å². The van der Waals surface area contributed by atoms with Gasteiger partial charge in [-0.3, -0.25) is 9.59 Å². The standard InChI is InChI=1S/C16H10ClFN2O2S/c17-13-10-6-5-8(18)7-12(10)23-14(13)16(22)20-11-4-2-1-3-9(11)15(19)21/h1-7H,(H2,19,21)(H,20,22). The van der Waals surface area contributed by atoms with E-state index in [1.54, 1.807) is 18.2 Å². The Hall–Kier alpha value is -2.44. The number of hydrogen-bond donors (Lipinski definition) is 2. The number of anilines is 1. The largest absolute Gasteiger partial charge is 0.366 e. The van der Waals surface area contributed by atoms with Gasteiger partial charge >= 0.3 is 0 Å². The number of carbonyl (C=O) groups is 2. The molecule has 3 rings (SSSR count). The minimum atomic E-state index is -0.648. The SMILES string of the molecule is NC(=O)c1ccccc1NC(=O)c1sc2cc(F)ccc2c1Cl. The maximum absolute atomic E-state index is 13.3. The van der Waals surface area contributed by atoms with Crippen molar-refractivity contribution in [1.82, 2.24) is 0 Å². The zero-order valence-electron chi connectivity index (χ0n) is 11.6. The molecule has 23 heavy (non-hydrogen) atoms. The Labute approximate surface area is 139 Å². The third-order valence-electron chi connectivity index (χ3n) is 3.24. The summed E-state index contributed by atoms with van der Waals surface area (Å²) < 4.78 is 13.9. The molecule has 0 spiro atoms. The molecule has 116 valence electrons. The van der Waals surface area contributed by atoms with Gasteiger partial charge in [0.25, 0.3) is 11.8 Å². The Balaban J connectivity index is 1.99. The molecule has 0 atom stereocenters. The van der Waals surface area contributed by atoms with E-state index in [2.05, 4.69) is 5.32 Å². The quantitative estimate of drug-likeness (QED) is 0.749. The lowest BCUT2D eigenvalue weighted by Crippen LogP contribution is -2.17. The van der Waals surface area contributed by atoms with Gasteiger partial charge in [0.2, 0.25) is 0 Å². The summed E-state index contributed by atoms with van der Waals surface area (Å²) in [7, 11) is 0. The van der Waals surface area contributed by atoms with Crippen LogP contribution in [0, 0.1) is 5.82 Å². The Morgan fingerprint density at radius 2 is 1.91 bits per heavy atom. The summed E-state index contributed by atoms with van der Waals surface area (Å²) in [5, 5.41) is 3.47. The van der Waals surface area contributed by atoms with Crippen LogP contribution < -0.4 is 11.1 Å². The van der Waals surface area contributed by atoms with Crippen LogP contribution in [-0.2, 0) is 0 Å². The summed E-state index contributed by atoms with van der Waals surface area (Å²) in [6.45, 7) is 0. The van der Waals surface area contributed by atoms with Crippen LogP contribution in [0.3, 0.4) is 0 Å². The number of benzene rings is 2. The average molecular weight is 349 g/mol. The number of thiophene rings is 1. The molecule has 7 heteroatoms. The maximum Gasteiger partial charge on any atom is 0.267 e. The van der Waals surface area contributed by atoms with Crippen molar-refractivity contribution in [1.29, 1.82) is 0 Å². The molecule has 4 nitrogen and oxygen atoms in total. The van der Waals surface area contributed by atoms with Crippen molar-refractivity contribution in [2.75, 3.05) is 5.32 Å². The van der Waals surface area contributed by atoms with Crippen molar-refractivity contribution in [2.45, 2.75) is 0 Å². The number of primary amides is 1. The Kier molecular flexibility index (Phi) is 4.02. The lowest BCUT2D eigenvalue weighted by atomic mass is 10.1. The summed E-state index contributed by atoms with van der Waals surface area (Å²) in [5.41, 5.74) is 5.78. The zero-order valence-corrected chi connectivity index (χ0v) is 13.2. The molecule has 3 N–H and O–H groups in total. The second kappa shape index (κ2) is 5.98. The van der Waals surface area contributed by atoms with Crippen LogP contribution >= 0.6 is 22.9 Å². The smallest absolute Gasteiger partial charge is 0.267 e. The summed E-state index contributed by atoms with van der Waals surface area (Å²) in [6, 6.07) is 10.5.